The van der Waals surface area contributed by atoms with Crippen LogP contribution in [0.5, 0.6) is 5.75 Å². The van der Waals surface area contributed by atoms with E-state index in [4.69, 9.17) is 4.52 Å². The first-order chi connectivity index (χ1) is 10.0. The molecule has 0 unspecified atom stereocenters. The number of aromatic nitrogens is 2. The van der Waals surface area contributed by atoms with Crippen LogP contribution in [0.15, 0.2) is 45.4 Å². The second-order valence-corrected chi connectivity index (χ2v) is 5.50. The third-order valence-corrected chi connectivity index (χ3v) is 3.46. The molecule has 0 aliphatic carbocycles. The second-order valence-electron chi connectivity index (χ2n) is 4.58. The number of rotatable bonds is 2. The molecule has 0 fully saturated rings. The van der Waals surface area contributed by atoms with E-state index in [2.05, 4.69) is 26.1 Å². The van der Waals surface area contributed by atoms with Gasteiger partial charge in [0.2, 0.25) is 5.82 Å². The van der Waals surface area contributed by atoms with Gasteiger partial charge in [0.05, 0.1) is 0 Å². The molecule has 0 atom stereocenters. The van der Waals surface area contributed by atoms with E-state index in [1.54, 1.807) is 31.2 Å². The average Bonchev–Trinajstić information content (AvgIpc) is 2.90. The summed E-state index contributed by atoms with van der Waals surface area (Å²) in [6, 6.07) is 9.45. The molecule has 0 radical (unpaired) electrons. The van der Waals surface area contributed by atoms with Gasteiger partial charge in [0, 0.05) is 15.6 Å². The first kappa shape index (κ1) is 13.8. The van der Waals surface area contributed by atoms with E-state index in [0.717, 1.165) is 5.56 Å². The van der Waals surface area contributed by atoms with Gasteiger partial charge in [-0.25, -0.2) is 4.39 Å². The van der Waals surface area contributed by atoms with Crippen molar-refractivity contribution in [1.82, 2.24) is 10.1 Å². The highest BCUT2D eigenvalue weighted by molar-refractivity contribution is 9.10. The van der Waals surface area contributed by atoms with Crippen molar-refractivity contribution >= 4 is 15.9 Å². The lowest BCUT2D eigenvalue weighted by molar-refractivity contribution is 0.431. The van der Waals surface area contributed by atoms with E-state index in [9.17, 15) is 9.50 Å². The standard InChI is InChI=1S/C15H10BrFN2O2/c1-8-2-3-9(6-13(8)20)15-18-14(19-21-15)10-4-11(16)7-12(17)5-10/h2-7,20H,1H3. The summed E-state index contributed by atoms with van der Waals surface area (Å²) in [5, 5.41) is 13.6. The van der Waals surface area contributed by atoms with Gasteiger partial charge in [0.1, 0.15) is 11.6 Å². The van der Waals surface area contributed by atoms with Gasteiger partial charge in [-0.3, -0.25) is 0 Å². The van der Waals surface area contributed by atoms with Gasteiger partial charge in [0.25, 0.3) is 5.89 Å². The van der Waals surface area contributed by atoms with Crippen molar-refractivity contribution in [3.05, 3.63) is 52.3 Å². The summed E-state index contributed by atoms with van der Waals surface area (Å²) < 4.78 is 19.2. The number of benzene rings is 2. The molecule has 1 aromatic heterocycles. The van der Waals surface area contributed by atoms with Crippen molar-refractivity contribution in [2.45, 2.75) is 6.92 Å². The fourth-order valence-electron chi connectivity index (χ4n) is 1.88. The van der Waals surface area contributed by atoms with Gasteiger partial charge < -0.3 is 9.63 Å². The van der Waals surface area contributed by atoms with Crippen LogP contribution in [0.4, 0.5) is 4.39 Å². The second kappa shape index (κ2) is 5.29. The normalized spacial score (nSPS) is 10.8. The molecule has 2 aromatic carbocycles. The number of aromatic hydroxyl groups is 1. The maximum absolute atomic E-state index is 13.4. The Morgan fingerprint density at radius 1 is 1.14 bits per heavy atom. The van der Waals surface area contributed by atoms with Crippen molar-refractivity contribution < 1.29 is 14.0 Å². The summed E-state index contributed by atoms with van der Waals surface area (Å²) in [5.41, 5.74) is 1.87. The molecule has 6 heteroatoms. The minimum atomic E-state index is -0.390. The van der Waals surface area contributed by atoms with Crippen LogP contribution in [-0.4, -0.2) is 15.2 Å². The van der Waals surface area contributed by atoms with Crippen LogP contribution in [0.25, 0.3) is 22.8 Å². The molecule has 0 spiro atoms. The van der Waals surface area contributed by atoms with Crippen molar-refractivity contribution in [3.8, 4) is 28.6 Å². The molecule has 0 saturated heterocycles. The Balaban J connectivity index is 2.01. The number of phenolic OH excluding ortho intramolecular Hbond substituents is 1. The number of aryl methyl sites for hydroxylation is 1. The van der Waals surface area contributed by atoms with E-state index in [-0.39, 0.29) is 17.5 Å². The molecule has 0 saturated carbocycles. The predicted octanol–water partition coefficient (Wildman–Crippen LogP) is 4.32. The highest BCUT2D eigenvalue weighted by Crippen LogP contribution is 2.28. The number of nitrogens with zero attached hydrogens (tertiary/aromatic N) is 2. The van der Waals surface area contributed by atoms with Crippen LogP contribution in [0.3, 0.4) is 0 Å². The molecule has 0 aliphatic heterocycles. The van der Waals surface area contributed by atoms with Crippen LogP contribution >= 0.6 is 15.9 Å². The van der Waals surface area contributed by atoms with Crippen molar-refractivity contribution in [3.63, 3.8) is 0 Å². The minimum Gasteiger partial charge on any atom is -0.508 e. The SMILES string of the molecule is Cc1ccc(-c2nc(-c3cc(F)cc(Br)c3)no2)cc1O. The lowest BCUT2D eigenvalue weighted by atomic mass is 10.1. The third kappa shape index (κ3) is 2.80. The van der Waals surface area contributed by atoms with Crippen molar-refractivity contribution in [2.24, 2.45) is 0 Å². The molecule has 1 heterocycles. The molecule has 0 aliphatic rings. The maximum Gasteiger partial charge on any atom is 0.258 e. The van der Waals surface area contributed by atoms with Crippen molar-refractivity contribution in [1.29, 1.82) is 0 Å². The maximum atomic E-state index is 13.4. The predicted molar refractivity (Wildman–Crippen MR) is 79.2 cm³/mol. The largest absolute Gasteiger partial charge is 0.508 e. The smallest absolute Gasteiger partial charge is 0.258 e. The van der Waals surface area contributed by atoms with Crippen LogP contribution in [0, 0.1) is 12.7 Å². The Morgan fingerprint density at radius 2 is 1.95 bits per heavy atom. The summed E-state index contributed by atoms with van der Waals surface area (Å²) in [6.07, 6.45) is 0. The van der Waals surface area contributed by atoms with Gasteiger partial charge in [-0.15, -0.1) is 0 Å². The zero-order chi connectivity index (χ0) is 15.0. The van der Waals surface area contributed by atoms with Gasteiger partial charge in [-0.2, -0.15) is 4.98 Å². The number of halogens is 2. The highest BCUT2D eigenvalue weighted by Gasteiger charge is 2.13. The molecular weight excluding hydrogens is 339 g/mol. The highest BCUT2D eigenvalue weighted by atomic mass is 79.9. The zero-order valence-corrected chi connectivity index (χ0v) is 12.6. The Morgan fingerprint density at radius 3 is 2.67 bits per heavy atom. The van der Waals surface area contributed by atoms with Crippen LogP contribution in [0.2, 0.25) is 0 Å². The molecule has 0 amide bonds. The fourth-order valence-corrected chi connectivity index (χ4v) is 2.35. The first-order valence-electron chi connectivity index (χ1n) is 6.13. The van der Waals surface area contributed by atoms with Crippen molar-refractivity contribution in [2.75, 3.05) is 0 Å². The molecule has 4 nitrogen and oxygen atoms in total. The number of hydrogen-bond acceptors (Lipinski definition) is 4. The summed E-state index contributed by atoms with van der Waals surface area (Å²) in [7, 11) is 0. The summed E-state index contributed by atoms with van der Waals surface area (Å²) in [6.45, 7) is 1.79. The van der Waals surface area contributed by atoms with Gasteiger partial charge in [-0.05, 0) is 42.8 Å². The van der Waals surface area contributed by atoms with E-state index in [1.165, 1.54) is 12.1 Å². The average molecular weight is 349 g/mol. The van der Waals surface area contributed by atoms with Gasteiger partial charge >= 0.3 is 0 Å². The van der Waals surface area contributed by atoms with Gasteiger partial charge in [-0.1, -0.05) is 27.2 Å². The Hall–Kier alpha value is -2.21. The van der Waals surface area contributed by atoms with Crippen LogP contribution in [0.1, 0.15) is 5.56 Å². The molecule has 106 valence electrons. The Labute approximate surface area is 128 Å². The lowest BCUT2D eigenvalue weighted by Gasteiger charge is -1.99. The number of phenols is 1. The van der Waals surface area contributed by atoms with E-state index in [0.29, 0.717) is 15.6 Å². The summed E-state index contributed by atoms with van der Waals surface area (Å²) >= 11 is 3.22. The van der Waals surface area contributed by atoms with E-state index >= 15 is 0 Å². The van der Waals surface area contributed by atoms with E-state index < -0.39 is 5.82 Å². The topological polar surface area (TPSA) is 59.2 Å². The first-order valence-corrected chi connectivity index (χ1v) is 6.92. The lowest BCUT2D eigenvalue weighted by Crippen LogP contribution is -1.84. The molecule has 3 rings (SSSR count). The molecule has 21 heavy (non-hydrogen) atoms. The van der Waals surface area contributed by atoms with Crippen LogP contribution < -0.4 is 0 Å². The fraction of sp³-hybridized carbons (Fsp3) is 0.0667. The summed E-state index contributed by atoms with van der Waals surface area (Å²) in [5.74, 6) is 0.311. The molecule has 0 bridgehead atoms. The minimum absolute atomic E-state index is 0.153. The number of hydrogen-bond donors (Lipinski definition) is 1. The monoisotopic (exact) mass is 348 g/mol. The van der Waals surface area contributed by atoms with Crippen LogP contribution in [-0.2, 0) is 0 Å². The Bertz CT molecular complexity index is 797. The quantitative estimate of drug-likeness (QED) is 0.749. The van der Waals surface area contributed by atoms with E-state index in [1.807, 2.05) is 0 Å². The molecule has 1 N–H and O–H groups in total. The third-order valence-electron chi connectivity index (χ3n) is 3.00. The zero-order valence-electron chi connectivity index (χ0n) is 11.0. The molecular formula is C15H10BrFN2O2. The summed E-state index contributed by atoms with van der Waals surface area (Å²) in [4.78, 5) is 4.23. The Kier molecular flexibility index (Phi) is 3.47. The van der Waals surface area contributed by atoms with Gasteiger partial charge in [0.15, 0.2) is 0 Å². The molecule has 3 aromatic rings.